The van der Waals surface area contributed by atoms with Gasteiger partial charge in [0.25, 0.3) is 0 Å². The first-order chi connectivity index (χ1) is 13.0. The predicted molar refractivity (Wildman–Crippen MR) is 111 cm³/mol. The maximum absolute atomic E-state index is 13.2. The van der Waals surface area contributed by atoms with Gasteiger partial charge >= 0.3 is 0 Å². The molecular weight excluding hydrogens is 334 g/mol. The Morgan fingerprint density at radius 2 is 1.63 bits per heavy atom. The summed E-state index contributed by atoms with van der Waals surface area (Å²) in [4.78, 5) is 14.9. The number of aliphatic hydroxyl groups excluding tert-OH is 1. The number of hydrogen-bond acceptors (Lipinski definition) is 2. The second kappa shape index (κ2) is 10.7. The van der Waals surface area contributed by atoms with E-state index in [1.807, 2.05) is 55.5 Å². The van der Waals surface area contributed by atoms with E-state index >= 15 is 0 Å². The Hall–Kier alpha value is -2.39. The molecule has 0 radical (unpaired) electrons. The van der Waals surface area contributed by atoms with E-state index in [2.05, 4.69) is 31.2 Å². The zero-order valence-electron chi connectivity index (χ0n) is 16.6. The highest BCUT2D eigenvalue weighted by Crippen LogP contribution is 2.23. The molecule has 1 amide bonds. The summed E-state index contributed by atoms with van der Waals surface area (Å²) in [7, 11) is 1.79. The highest BCUT2D eigenvalue weighted by Gasteiger charge is 2.28. The van der Waals surface area contributed by atoms with E-state index in [4.69, 9.17) is 0 Å². The second-order valence-corrected chi connectivity index (χ2v) is 7.05. The van der Waals surface area contributed by atoms with Crippen LogP contribution in [0.2, 0.25) is 0 Å². The van der Waals surface area contributed by atoms with Gasteiger partial charge in [-0.2, -0.15) is 0 Å². The summed E-state index contributed by atoms with van der Waals surface area (Å²) in [6, 6.07) is 19.3. The maximum atomic E-state index is 13.2. The standard InChI is InChI=1S/C24H31NO2/c1-4-5-8-17-22(18-20-13-9-6-10-14-20)24(27)25(3)19(2)23(26)21-15-11-7-12-16-21/h5-16,19,22-23,26H,4,17-18H2,1-3H3/b8-5+/t19-,22-,23+/m0/s1. The lowest BCUT2D eigenvalue weighted by Gasteiger charge is -2.32. The SMILES string of the molecule is CC/C=C/C[C@@H](Cc1ccccc1)C(=O)N(C)[C@@H](C)[C@@H](O)c1ccccc1. The Labute approximate surface area is 163 Å². The third-order valence-electron chi connectivity index (χ3n) is 5.05. The van der Waals surface area contributed by atoms with Crippen molar-refractivity contribution in [3.8, 4) is 0 Å². The summed E-state index contributed by atoms with van der Waals surface area (Å²) in [6.07, 6.45) is 5.87. The van der Waals surface area contributed by atoms with Gasteiger partial charge in [-0.3, -0.25) is 4.79 Å². The molecule has 0 aromatic heterocycles. The summed E-state index contributed by atoms with van der Waals surface area (Å²) in [6.45, 7) is 3.99. The number of aliphatic hydroxyl groups is 1. The molecule has 27 heavy (non-hydrogen) atoms. The van der Waals surface area contributed by atoms with Crippen molar-refractivity contribution in [1.29, 1.82) is 0 Å². The van der Waals surface area contributed by atoms with Crippen LogP contribution in [0.5, 0.6) is 0 Å². The number of amides is 1. The van der Waals surface area contributed by atoms with Crippen molar-refractivity contribution >= 4 is 5.91 Å². The van der Waals surface area contributed by atoms with Gasteiger partial charge in [0.15, 0.2) is 0 Å². The van der Waals surface area contributed by atoms with Crippen molar-refractivity contribution in [1.82, 2.24) is 4.90 Å². The third kappa shape index (κ3) is 6.07. The predicted octanol–water partition coefficient (Wildman–Crippen LogP) is 4.78. The fraction of sp³-hybridized carbons (Fsp3) is 0.375. The van der Waals surface area contributed by atoms with Crippen molar-refractivity contribution in [3.63, 3.8) is 0 Å². The first-order valence-electron chi connectivity index (χ1n) is 9.73. The van der Waals surface area contributed by atoms with Crippen molar-refractivity contribution in [2.24, 2.45) is 5.92 Å². The lowest BCUT2D eigenvalue weighted by Crippen LogP contribution is -2.42. The first kappa shape index (κ1) is 20.9. The van der Waals surface area contributed by atoms with Gasteiger partial charge in [-0.1, -0.05) is 79.7 Å². The molecule has 0 fully saturated rings. The Kier molecular flexibility index (Phi) is 8.28. The molecule has 2 rings (SSSR count). The summed E-state index contributed by atoms with van der Waals surface area (Å²) < 4.78 is 0. The number of likely N-dealkylation sites (N-methyl/N-ethyl adjacent to an activating group) is 1. The summed E-state index contributed by atoms with van der Waals surface area (Å²) in [5.74, 6) is -0.0623. The van der Waals surface area contributed by atoms with Crippen LogP contribution < -0.4 is 0 Å². The number of hydrogen-bond donors (Lipinski definition) is 1. The molecule has 3 nitrogen and oxygen atoms in total. The molecule has 2 aromatic carbocycles. The van der Waals surface area contributed by atoms with Crippen LogP contribution >= 0.6 is 0 Å². The molecule has 0 aliphatic carbocycles. The van der Waals surface area contributed by atoms with E-state index in [0.717, 1.165) is 17.5 Å². The zero-order chi connectivity index (χ0) is 19.6. The van der Waals surface area contributed by atoms with Gasteiger partial charge in [-0.05, 0) is 37.3 Å². The van der Waals surface area contributed by atoms with Crippen molar-refractivity contribution < 1.29 is 9.90 Å². The van der Waals surface area contributed by atoms with Gasteiger partial charge in [0.05, 0.1) is 12.1 Å². The van der Waals surface area contributed by atoms with E-state index in [0.29, 0.717) is 12.8 Å². The van der Waals surface area contributed by atoms with Crippen LogP contribution in [0.1, 0.15) is 43.9 Å². The molecule has 3 heteroatoms. The zero-order valence-corrected chi connectivity index (χ0v) is 16.6. The fourth-order valence-electron chi connectivity index (χ4n) is 3.23. The van der Waals surface area contributed by atoms with Gasteiger partial charge in [0, 0.05) is 13.0 Å². The van der Waals surface area contributed by atoms with Gasteiger partial charge in [-0.15, -0.1) is 0 Å². The molecule has 144 valence electrons. The molecular formula is C24H31NO2. The van der Waals surface area contributed by atoms with E-state index in [-0.39, 0.29) is 17.9 Å². The van der Waals surface area contributed by atoms with Crippen LogP contribution in [0.3, 0.4) is 0 Å². The summed E-state index contributed by atoms with van der Waals surface area (Å²) in [5, 5.41) is 10.7. The van der Waals surface area contributed by atoms with Gasteiger partial charge < -0.3 is 10.0 Å². The topological polar surface area (TPSA) is 40.5 Å². The molecule has 0 aliphatic heterocycles. The molecule has 1 N–H and O–H groups in total. The smallest absolute Gasteiger partial charge is 0.226 e. The van der Waals surface area contributed by atoms with Crippen LogP contribution in [0.15, 0.2) is 72.8 Å². The van der Waals surface area contributed by atoms with Gasteiger partial charge in [0.1, 0.15) is 0 Å². The monoisotopic (exact) mass is 365 g/mol. The van der Waals surface area contributed by atoms with E-state index < -0.39 is 6.10 Å². The van der Waals surface area contributed by atoms with Crippen LogP contribution in [0.25, 0.3) is 0 Å². The van der Waals surface area contributed by atoms with E-state index in [1.165, 1.54) is 0 Å². The highest BCUT2D eigenvalue weighted by molar-refractivity contribution is 5.79. The van der Waals surface area contributed by atoms with Crippen molar-refractivity contribution in [3.05, 3.63) is 83.9 Å². The lowest BCUT2D eigenvalue weighted by molar-refractivity contribution is -0.138. The van der Waals surface area contributed by atoms with Crippen molar-refractivity contribution in [2.75, 3.05) is 7.05 Å². The number of nitrogens with zero attached hydrogens (tertiary/aromatic N) is 1. The quantitative estimate of drug-likeness (QED) is 0.650. The Bertz CT molecular complexity index is 712. The molecule has 0 spiro atoms. The van der Waals surface area contributed by atoms with Crippen LogP contribution in [-0.2, 0) is 11.2 Å². The fourth-order valence-corrected chi connectivity index (χ4v) is 3.23. The minimum absolute atomic E-state index is 0.0714. The van der Waals surface area contributed by atoms with E-state index in [1.54, 1.807) is 11.9 Å². The second-order valence-electron chi connectivity index (χ2n) is 7.05. The summed E-state index contributed by atoms with van der Waals surface area (Å²) in [5.41, 5.74) is 1.99. The minimum atomic E-state index is -0.705. The Morgan fingerprint density at radius 1 is 1.04 bits per heavy atom. The average molecular weight is 366 g/mol. The maximum Gasteiger partial charge on any atom is 0.226 e. The molecule has 0 heterocycles. The number of benzene rings is 2. The van der Waals surface area contributed by atoms with Crippen LogP contribution in [-0.4, -0.2) is 29.0 Å². The van der Waals surface area contributed by atoms with Crippen molar-refractivity contribution in [2.45, 2.75) is 45.3 Å². The Balaban J connectivity index is 2.13. The molecule has 0 saturated heterocycles. The molecule has 0 unspecified atom stereocenters. The third-order valence-corrected chi connectivity index (χ3v) is 5.05. The molecule has 0 saturated carbocycles. The summed E-state index contributed by atoms with van der Waals surface area (Å²) >= 11 is 0. The number of rotatable bonds is 9. The molecule has 2 aromatic rings. The molecule has 0 aliphatic rings. The largest absolute Gasteiger partial charge is 0.386 e. The van der Waals surface area contributed by atoms with Crippen LogP contribution in [0.4, 0.5) is 0 Å². The Morgan fingerprint density at radius 3 is 2.22 bits per heavy atom. The molecule has 3 atom stereocenters. The number of carbonyl (C=O) groups excluding carboxylic acids is 1. The number of carbonyl (C=O) groups is 1. The highest BCUT2D eigenvalue weighted by atomic mass is 16.3. The van der Waals surface area contributed by atoms with Gasteiger partial charge in [0.2, 0.25) is 5.91 Å². The van der Waals surface area contributed by atoms with E-state index in [9.17, 15) is 9.90 Å². The molecule has 0 bridgehead atoms. The van der Waals surface area contributed by atoms with Crippen LogP contribution in [0, 0.1) is 5.92 Å². The minimum Gasteiger partial charge on any atom is -0.386 e. The normalized spacial score (nSPS) is 14.7. The number of allylic oxidation sites excluding steroid dienone is 2. The van der Waals surface area contributed by atoms with Gasteiger partial charge in [-0.25, -0.2) is 0 Å². The lowest BCUT2D eigenvalue weighted by atomic mass is 9.93. The average Bonchev–Trinajstić information content (AvgIpc) is 2.72. The first-order valence-corrected chi connectivity index (χ1v) is 9.73.